The van der Waals surface area contributed by atoms with Gasteiger partial charge < -0.3 is 50.7 Å². The van der Waals surface area contributed by atoms with Gasteiger partial charge in [0.15, 0.2) is 8.32 Å². The molecule has 3 aliphatic heterocycles. The molecule has 0 aromatic rings. The molecule has 65 heavy (non-hydrogen) atoms. The Morgan fingerprint density at radius 2 is 0.508 bits per heavy atom. The van der Waals surface area contributed by atoms with Gasteiger partial charge in [-0.1, -0.05) is 135 Å². The number of rotatable bonds is 9. The summed E-state index contributed by atoms with van der Waals surface area (Å²) in [7, 11) is -31.9. The third-order valence-corrected chi connectivity index (χ3v) is 53.1. The van der Waals surface area contributed by atoms with E-state index in [1.807, 2.05) is 0 Å². The van der Waals surface area contributed by atoms with Crippen LogP contribution in [0.15, 0.2) is 0 Å². The first-order valence-electron chi connectivity index (χ1n) is 27.8. The molecule has 2 N–H and O–H groups in total. The predicted octanol–water partition coefficient (Wildman–Crippen LogP) is 12.9. The van der Waals surface area contributed by atoms with Gasteiger partial charge in [-0.3, -0.25) is 0 Å². The molecule has 0 aromatic heterocycles. The molecule has 12 nitrogen and oxygen atoms in total. The third kappa shape index (κ3) is 10.3. The van der Waals surface area contributed by atoms with Gasteiger partial charge in [-0.25, -0.2) is 0 Å². The van der Waals surface area contributed by atoms with Crippen LogP contribution < -0.4 is 0 Å². The minimum Gasteiger partial charge on any atom is -0.417 e. The minimum absolute atomic E-state index is 0.00428. The minimum atomic E-state index is -4.37. The Labute approximate surface area is 401 Å². The first-order chi connectivity index (χ1) is 31.3. The molecule has 3 saturated heterocycles. The Morgan fingerprint density at radius 1 is 0.292 bits per heavy atom. The van der Waals surface area contributed by atoms with Gasteiger partial charge in [0, 0.05) is 38.8 Å². The summed E-state index contributed by atoms with van der Waals surface area (Å²) in [4.78, 5) is 28.6. The summed E-state index contributed by atoms with van der Waals surface area (Å²) in [5.41, 5.74) is -0.724. The standard InChI is InChI=1S/C45H88O12Si8/c1-58(2,3)48-61(41-29-15-6-16-30-41)53-63(43-33-19-8-20-34-43)51-59(46,39-25-11-4-12-26-39)49-62(42-31-17-7-18-32-42)50-60(47,40-27-13-5-14-28-40)52-64(54-61,44-35-21-9-22-36-44)57-65(55-62,56-63)45-37-23-10-24-38-45/h39-47H,4-38H2,1-3H3/t59-,60+,61?,62?,63+,64-,65?. The SMILES string of the molecule is C[Si](C)(C)O[Si]1(C2CCCCC2)O[Si@@]2(C3CCCCC3)O[Si]3(C4CCCCC4)O[Si](C4CCCCC4)(O[Si@](O)(C4CCCCC4)O2)O[Si@@](O)(C2CCCCC2)O[Si@](C2CCCCC2)(O1)O3. The van der Waals surface area contributed by atoms with Crippen LogP contribution in [-0.4, -0.2) is 79.5 Å². The molecule has 372 valence electrons. The lowest BCUT2D eigenvalue weighted by Crippen LogP contribution is -2.86. The van der Waals surface area contributed by atoms with Gasteiger partial charge in [-0.15, -0.1) is 0 Å². The summed E-state index contributed by atoms with van der Waals surface area (Å²) in [6.45, 7) is 6.83. The van der Waals surface area contributed by atoms with E-state index in [0.717, 1.165) is 212 Å². The van der Waals surface area contributed by atoms with Gasteiger partial charge in [-0.2, -0.15) is 0 Å². The maximum Gasteiger partial charge on any atom is 0.486 e. The predicted molar refractivity (Wildman–Crippen MR) is 267 cm³/mol. The summed E-state index contributed by atoms with van der Waals surface area (Å²) < 4.78 is 82.6. The molecule has 10 aliphatic rings. The van der Waals surface area contributed by atoms with Crippen LogP contribution in [0.5, 0.6) is 0 Å². The molecule has 0 spiro atoms. The topological polar surface area (TPSA) is 133 Å². The highest BCUT2D eigenvalue weighted by Crippen LogP contribution is 2.62. The lowest BCUT2D eigenvalue weighted by molar-refractivity contribution is -0.0160. The second-order valence-electron chi connectivity index (χ2n) is 23.8. The molecule has 0 amide bonds. The highest BCUT2D eigenvalue weighted by molar-refractivity contribution is 7.00. The van der Waals surface area contributed by atoms with Crippen LogP contribution in [0.25, 0.3) is 0 Å². The first kappa shape index (κ1) is 49.8. The summed E-state index contributed by atoms with van der Waals surface area (Å²) in [5, 5.41) is 0. The van der Waals surface area contributed by atoms with Crippen molar-refractivity contribution in [1.29, 1.82) is 0 Å². The molecule has 3 heterocycles. The molecular formula is C45H88O12Si8. The van der Waals surface area contributed by atoms with Crippen molar-refractivity contribution in [1.82, 2.24) is 0 Å². The smallest absolute Gasteiger partial charge is 0.417 e. The Bertz CT molecular complexity index is 1510. The molecule has 0 radical (unpaired) electrons. The zero-order valence-corrected chi connectivity index (χ0v) is 48.8. The van der Waals surface area contributed by atoms with E-state index in [2.05, 4.69) is 19.6 Å². The van der Waals surface area contributed by atoms with Crippen LogP contribution in [0.4, 0.5) is 0 Å². The molecule has 7 atom stereocenters. The summed E-state index contributed by atoms with van der Waals surface area (Å²) in [6.07, 6.45) is 35.0. The van der Waals surface area contributed by atoms with Crippen molar-refractivity contribution in [2.45, 2.75) is 283 Å². The Balaban J connectivity index is 1.28. The van der Waals surface area contributed by atoms with Gasteiger partial charge in [0.25, 0.3) is 0 Å². The van der Waals surface area contributed by atoms with Crippen LogP contribution in [0.2, 0.25) is 58.4 Å². The Hall–Kier alpha value is 1.26. The number of hydrogen-bond donors (Lipinski definition) is 2. The van der Waals surface area contributed by atoms with Crippen LogP contribution in [0.3, 0.4) is 0 Å². The molecule has 0 aromatic carbocycles. The fourth-order valence-corrected chi connectivity index (χ4v) is 62.0. The van der Waals surface area contributed by atoms with E-state index < -0.39 is 69.9 Å². The molecule has 10 rings (SSSR count). The zero-order chi connectivity index (χ0) is 44.9. The van der Waals surface area contributed by atoms with Gasteiger partial charge in [0.1, 0.15) is 0 Å². The van der Waals surface area contributed by atoms with E-state index in [9.17, 15) is 9.59 Å². The maximum atomic E-state index is 14.3. The molecule has 10 fully saturated rings. The van der Waals surface area contributed by atoms with Crippen molar-refractivity contribution in [2.24, 2.45) is 0 Å². The second-order valence-corrected chi connectivity index (χ2v) is 50.4. The van der Waals surface area contributed by atoms with Crippen molar-refractivity contribution in [2.75, 3.05) is 0 Å². The van der Waals surface area contributed by atoms with Crippen molar-refractivity contribution >= 4 is 69.9 Å². The third-order valence-electron chi connectivity index (χ3n) is 17.8. The number of hydrogen-bond acceptors (Lipinski definition) is 12. The van der Waals surface area contributed by atoms with Crippen molar-refractivity contribution in [3.05, 3.63) is 0 Å². The van der Waals surface area contributed by atoms with Crippen molar-refractivity contribution in [3.63, 3.8) is 0 Å². The van der Waals surface area contributed by atoms with E-state index in [4.69, 9.17) is 41.2 Å². The van der Waals surface area contributed by atoms with Gasteiger partial charge >= 0.3 is 61.6 Å². The monoisotopic (exact) mass is 1040 g/mol. The summed E-state index contributed by atoms with van der Waals surface area (Å²) >= 11 is 0. The summed E-state index contributed by atoms with van der Waals surface area (Å²) in [5.74, 6) is 0. The second kappa shape index (κ2) is 20.3. The van der Waals surface area contributed by atoms with Crippen molar-refractivity contribution < 1.29 is 50.7 Å². The molecule has 4 bridgehead atoms. The average Bonchev–Trinajstić information content (AvgIpc) is 3.31. The largest absolute Gasteiger partial charge is 0.486 e. The van der Waals surface area contributed by atoms with Gasteiger partial charge in [-0.05, 0) is 110 Å². The quantitative estimate of drug-likeness (QED) is 0.213. The van der Waals surface area contributed by atoms with E-state index in [0.29, 0.717) is 0 Å². The van der Waals surface area contributed by atoms with Crippen LogP contribution >= 0.6 is 0 Å². The normalized spacial score (nSPS) is 43.9. The highest BCUT2D eigenvalue weighted by atomic mass is 28.6. The average molecular weight is 1050 g/mol. The van der Waals surface area contributed by atoms with E-state index >= 15 is 0 Å². The maximum absolute atomic E-state index is 14.3. The first-order valence-corrected chi connectivity index (χ1v) is 43.9. The zero-order valence-electron chi connectivity index (χ0n) is 40.8. The van der Waals surface area contributed by atoms with E-state index in [-0.39, 0.29) is 38.8 Å². The highest BCUT2D eigenvalue weighted by Gasteiger charge is 2.83. The van der Waals surface area contributed by atoms with Gasteiger partial charge in [0.2, 0.25) is 0 Å². The van der Waals surface area contributed by atoms with Crippen LogP contribution in [0, 0.1) is 0 Å². The molecule has 20 heteroatoms. The Morgan fingerprint density at radius 3 is 0.769 bits per heavy atom. The van der Waals surface area contributed by atoms with E-state index in [1.54, 1.807) is 0 Å². The lowest BCUT2D eigenvalue weighted by Gasteiger charge is -2.63. The van der Waals surface area contributed by atoms with Gasteiger partial charge in [0.05, 0.1) is 0 Å². The van der Waals surface area contributed by atoms with Crippen LogP contribution in [-0.2, 0) is 41.2 Å². The fourth-order valence-electron chi connectivity index (χ4n) is 14.4. The molecule has 7 saturated carbocycles. The summed E-state index contributed by atoms with van der Waals surface area (Å²) in [6, 6.07) is 0. The van der Waals surface area contributed by atoms with Crippen molar-refractivity contribution in [3.8, 4) is 0 Å². The lowest BCUT2D eigenvalue weighted by atomic mass is 10.0. The molecular weight excluding hydrogens is 957 g/mol. The molecule has 3 unspecified atom stereocenters. The van der Waals surface area contributed by atoms with Crippen LogP contribution in [0.1, 0.15) is 225 Å². The van der Waals surface area contributed by atoms with E-state index in [1.165, 1.54) is 12.8 Å². The molecule has 7 aliphatic carbocycles. The Kier molecular flexibility index (Phi) is 15.5. The number of fused-ring (bicyclic) bond motifs is 3. The fraction of sp³-hybridized carbons (Fsp3) is 1.00.